The Labute approximate surface area is 127 Å². The second-order valence-electron chi connectivity index (χ2n) is 5.52. The number of hydrogen-bond acceptors (Lipinski definition) is 9. The molecule has 0 amide bonds. The Morgan fingerprint density at radius 3 is 2.36 bits per heavy atom. The van der Waals surface area contributed by atoms with Crippen molar-refractivity contribution in [3.63, 3.8) is 0 Å². The van der Waals surface area contributed by atoms with Crippen molar-refractivity contribution in [1.82, 2.24) is 0 Å². The molecule has 9 nitrogen and oxygen atoms in total. The maximum Gasteiger partial charge on any atom is 0.378 e. The van der Waals surface area contributed by atoms with Gasteiger partial charge in [0.05, 0.1) is 18.8 Å². The van der Waals surface area contributed by atoms with Crippen LogP contribution in [0.15, 0.2) is 11.5 Å². The first-order valence-electron chi connectivity index (χ1n) is 6.70. The van der Waals surface area contributed by atoms with E-state index in [9.17, 15) is 20.1 Å². The summed E-state index contributed by atoms with van der Waals surface area (Å²) in [4.78, 5) is 11.8. The molecule has 1 aliphatic rings. The van der Waals surface area contributed by atoms with Crippen LogP contribution in [0.2, 0.25) is 0 Å². The van der Waals surface area contributed by atoms with Crippen LogP contribution < -0.4 is 0 Å². The fourth-order valence-corrected chi connectivity index (χ4v) is 1.57. The number of hydrogen-bond donors (Lipinski definition) is 5. The summed E-state index contributed by atoms with van der Waals surface area (Å²) in [5.74, 6) is -1.50. The van der Waals surface area contributed by atoms with Gasteiger partial charge in [-0.1, -0.05) is 0 Å². The number of ether oxygens (including phenoxy) is 3. The minimum Gasteiger partial charge on any atom is -0.487 e. The summed E-state index contributed by atoms with van der Waals surface area (Å²) in [6, 6.07) is 0. The Bertz CT molecular complexity index is 412. The van der Waals surface area contributed by atoms with Gasteiger partial charge < -0.3 is 39.7 Å². The summed E-state index contributed by atoms with van der Waals surface area (Å²) in [6.45, 7) is 1.09. The van der Waals surface area contributed by atoms with Crippen molar-refractivity contribution >= 4 is 5.97 Å². The van der Waals surface area contributed by atoms with Crippen LogP contribution >= 0.6 is 0 Å². The fourth-order valence-electron chi connectivity index (χ4n) is 1.57. The van der Waals surface area contributed by atoms with Crippen molar-refractivity contribution in [3.8, 4) is 0 Å². The molecule has 0 saturated carbocycles. The van der Waals surface area contributed by atoms with Gasteiger partial charge in [0.25, 0.3) is 0 Å². The average molecular weight is 322 g/mol. The first-order valence-corrected chi connectivity index (χ1v) is 6.70. The Morgan fingerprint density at radius 2 is 1.86 bits per heavy atom. The second kappa shape index (κ2) is 7.75. The molecule has 0 fully saturated rings. The molecule has 1 unspecified atom stereocenters. The van der Waals surface area contributed by atoms with Gasteiger partial charge in [-0.25, -0.2) is 4.79 Å². The normalized spacial score (nSPS) is 21.6. The quantitative estimate of drug-likeness (QED) is 0.294. The molecule has 0 aromatic heterocycles. The first-order chi connectivity index (χ1) is 10.2. The molecule has 1 rings (SSSR count). The van der Waals surface area contributed by atoms with Crippen LogP contribution in [-0.2, 0) is 19.0 Å². The summed E-state index contributed by atoms with van der Waals surface area (Å²) < 4.78 is 15.2. The lowest BCUT2D eigenvalue weighted by molar-refractivity contribution is -0.149. The van der Waals surface area contributed by atoms with Crippen LogP contribution in [0, 0.1) is 0 Å². The van der Waals surface area contributed by atoms with Crippen molar-refractivity contribution < 1.29 is 44.5 Å². The molecular weight excluding hydrogens is 300 g/mol. The molecule has 0 aromatic rings. The van der Waals surface area contributed by atoms with Gasteiger partial charge in [0.1, 0.15) is 25.4 Å². The second-order valence-corrected chi connectivity index (χ2v) is 5.52. The highest BCUT2D eigenvalue weighted by Gasteiger charge is 2.42. The van der Waals surface area contributed by atoms with Crippen LogP contribution in [0.25, 0.3) is 0 Å². The number of esters is 1. The lowest BCUT2D eigenvalue weighted by Gasteiger charge is -2.22. The van der Waals surface area contributed by atoms with E-state index < -0.39 is 49.7 Å². The molecule has 1 aliphatic heterocycles. The Hall–Kier alpha value is -1.39. The average Bonchev–Trinajstić information content (AvgIpc) is 2.77. The third-order valence-electron chi connectivity index (χ3n) is 2.65. The van der Waals surface area contributed by atoms with Gasteiger partial charge >= 0.3 is 5.97 Å². The van der Waals surface area contributed by atoms with E-state index in [1.807, 2.05) is 0 Å². The molecule has 0 radical (unpaired) electrons. The van der Waals surface area contributed by atoms with E-state index in [2.05, 4.69) is 0 Å². The SMILES string of the molecule is CC(C)(O)COC1=C(OCC(O)CO)C(=O)O[C@@H]1[C@@H](O)CO. The molecule has 22 heavy (non-hydrogen) atoms. The highest BCUT2D eigenvalue weighted by Crippen LogP contribution is 2.28. The molecule has 0 aliphatic carbocycles. The number of carbonyl (C=O) groups excluding carboxylic acids is 1. The largest absolute Gasteiger partial charge is 0.487 e. The molecule has 0 aromatic carbocycles. The topological polar surface area (TPSA) is 146 Å². The van der Waals surface area contributed by atoms with E-state index in [4.69, 9.17) is 24.4 Å². The van der Waals surface area contributed by atoms with E-state index in [0.29, 0.717) is 0 Å². The van der Waals surface area contributed by atoms with Crippen molar-refractivity contribution in [3.05, 3.63) is 11.5 Å². The molecular formula is C13H22O9. The third kappa shape index (κ3) is 5.11. The monoisotopic (exact) mass is 322 g/mol. The smallest absolute Gasteiger partial charge is 0.378 e. The lowest BCUT2D eigenvalue weighted by Crippen LogP contribution is -2.34. The van der Waals surface area contributed by atoms with Crippen LogP contribution in [-0.4, -0.2) is 81.8 Å². The molecule has 3 atom stereocenters. The number of carbonyl (C=O) groups is 1. The van der Waals surface area contributed by atoms with Crippen LogP contribution in [0.3, 0.4) is 0 Å². The van der Waals surface area contributed by atoms with Gasteiger partial charge in [0, 0.05) is 0 Å². The van der Waals surface area contributed by atoms with Gasteiger partial charge in [-0.15, -0.1) is 0 Å². The number of aliphatic hydroxyl groups excluding tert-OH is 4. The molecule has 128 valence electrons. The summed E-state index contributed by atoms with van der Waals surface area (Å²) >= 11 is 0. The van der Waals surface area contributed by atoms with Gasteiger partial charge in [-0.05, 0) is 13.8 Å². The minimum atomic E-state index is -1.43. The van der Waals surface area contributed by atoms with E-state index in [0.717, 1.165) is 0 Å². The van der Waals surface area contributed by atoms with Gasteiger partial charge in [0.2, 0.25) is 5.76 Å². The van der Waals surface area contributed by atoms with E-state index in [-0.39, 0.29) is 18.1 Å². The maximum atomic E-state index is 11.8. The summed E-state index contributed by atoms with van der Waals surface area (Å²) in [5.41, 5.74) is -1.22. The Balaban J connectivity index is 2.94. The molecule has 9 heteroatoms. The van der Waals surface area contributed by atoms with Crippen molar-refractivity contribution in [2.75, 3.05) is 26.4 Å². The van der Waals surface area contributed by atoms with Crippen molar-refractivity contribution in [2.45, 2.75) is 37.8 Å². The van der Waals surface area contributed by atoms with E-state index in [1.54, 1.807) is 0 Å². The maximum absolute atomic E-state index is 11.8. The molecule has 5 N–H and O–H groups in total. The lowest BCUT2D eigenvalue weighted by atomic mass is 10.1. The number of cyclic esters (lactones) is 1. The van der Waals surface area contributed by atoms with Crippen LogP contribution in [0.4, 0.5) is 0 Å². The fraction of sp³-hybridized carbons (Fsp3) is 0.769. The number of rotatable bonds is 9. The first kappa shape index (κ1) is 18.7. The molecule has 1 heterocycles. The Morgan fingerprint density at radius 1 is 1.23 bits per heavy atom. The van der Waals surface area contributed by atoms with Gasteiger partial charge in [-0.3, -0.25) is 0 Å². The van der Waals surface area contributed by atoms with Gasteiger partial charge in [-0.2, -0.15) is 0 Å². The highest BCUT2D eigenvalue weighted by molar-refractivity contribution is 5.89. The molecule has 0 bridgehead atoms. The van der Waals surface area contributed by atoms with E-state index >= 15 is 0 Å². The zero-order valence-electron chi connectivity index (χ0n) is 12.4. The highest BCUT2D eigenvalue weighted by atomic mass is 16.6. The third-order valence-corrected chi connectivity index (χ3v) is 2.65. The summed E-state index contributed by atoms with van der Waals surface area (Å²) in [7, 11) is 0. The Kier molecular flexibility index (Phi) is 6.57. The summed E-state index contributed by atoms with van der Waals surface area (Å²) in [6.07, 6.45) is -3.91. The number of aliphatic hydroxyl groups is 5. The van der Waals surface area contributed by atoms with Crippen LogP contribution in [0.1, 0.15) is 13.8 Å². The summed E-state index contributed by atoms with van der Waals surface area (Å²) in [5, 5.41) is 46.3. The molecule has 0 spiro atoms. The van der Waals surface area contributed by atoms with Crippen molar-refractivity contribution in [2.24, 2.45) is 0 Å². The predicted octanol–water partition coefficient (Wildman–Crippen LogP) is -2.37. The van der Waals surface area contributed by atoms with Crippen molar-refractivity contribution in [1.29, 1.82) is 0 Å². The predicted molar refractivity (Wildman–Crippen MR) is 71.3 cm³/mol. The van der Waals surface area contributed by atoms with Crippen LogP contribution in [0.5, 0.6) is 0 Å². The zero-order valence-corrected chi connectivity index (χ0v) is 12.4. The zero-order chi connectivity index (χ0) is 16.9. The van der Waals surface area contributed by atoms with E-state index in [1.165, 1.54) is 13.8 Å². The standard InChI is InChI=1S/C13H22O9/c1-13(2,19)6-21-10-9(8(17)4-15)22-12(18)11(10)20-5-7(16)3-14/h7-9,14-17,19H,3-6H2,1-2H3/t7?,8-,9+/m0/s1. The minimum absolute atomic E-state index is 0.182. The molecule has 0 saturated heterocycles. The van der Waals surface area contributed by atoms with Gasteiger partial charge in [0.15, 0.2) is 11.9 Å².